The lowest BCUT2D eigenvalue weighted by Gasteiger charge is -2.41. The number of nitrogens with one attached hydrogen (secondary N) is 1. The molecule has 0 aromatic carbocycles. The van der Waals surface area contributed by atoms with Crippen LogP contribution in [0.2, 0.25) is 0 Å². The molecule has 11 nitrogen and oxygen atoms in total. The van der Waals surface area contributed by atoms with Crippen molar-refractivity contribution < 1.29 is 49.3 Å². The van der Waals surface area contributed by atoms with E-state index in [1.54, 1.807) is 6.08 Å². The van der Waals surface area contributed by atoms with Gasteiger partial charge in [-0.2, -0.15) is 0 Å². The highest BCUT2D eigenvalue weighted by atomic mass is 16.7. The van der Waals surface area contributed by atoms with Crippen LogP contribution in [0.5, 0.6) is 0 Å². The van der Waals surface area contributed by atoms with Crippen LogP contribution in [0.15, 0.2) is 97.2 Å². The third-order valence-corrected chi connectivity index (χ3v) is 13.0. The van der Waals surface area contributed by atoms with E-state index in [2.05, 4.69) is 86.8 Å². The summed E-state index contributed by atoms with van der Waals surface area (Å²) in [5.74, 6) is -1.26. The van der Waals surface area contributed by atoms with E-state index in [0.717, 1.165) is 96.3 Å². The minimum absolute atomic E-state index is 0.0785. The van der Waals surface area contributed by atoms with Crippen LogP contribution < -0.4 is 5.32 Å². The van der Waals surface area contributed by atoms with Crippen LogP contribution >= 0.6 is 0 Å². The summed E-state index contributed by atoms with van der Waals surface area (Å²) in [6, 6.07) is -1.05. The number of rotatable bonds is 47. The summed E-state index contributed by atoms with van der Waals surface area (Å²) >= 11 is 0. The first-order valence-electron chi connectivity index (χ1n) is 29.0. The van der Waals surface area contributed by atoms with Gasteiger partial charge in [0, 0.05) is 6.42 Å². The fourth-order valence-electron chi connectivity index (χ4n) is 8.40. The fourth-order valence-corrected chi connectivity index (χ4v) is 8.40. The number of amides is 1. The first kappa shape index (κ1) is 67.6. The van der Waals surface area contributed by atoms with Gasteiger partial charge in [-0.3, -0.25) is 9.59 Å². The van der Waals surface area contributed by atoms with E-state index in [0.29, 0.717) is 12.8 Å². The molecule has 0 radical (unpaired) electrons. The zero-order valence-corrected chi connectivity index (χ0v) is 46.0. The number of aliphatic hydroxyl groups excluding tert-OH is 5. The average Bonchev–Trinajstić information content (AvgIpc) is 3.39. The smallest absolute Gasteiger partial charge is 0.306 e. The Morgan fingerprint density at radius 1 is 0.562 bits per heavy atom. The Hall–Kier alpha value is -3.42. The molecule has 418 valence electrons. The first-order valence-corrected chi connectivity index (χ1v) is 29.0. The standard InChI is InChI=1S/C62H105NO10/c1-4-7-10-13-16-19-22-25-26-27-28-29-30-32-35-38-41-44-47-50-57(67)73-60-59(69)58(68)56(51-64)72-62(60)71-52-53(54(65)48-45-42-39-36-34-31-23-20-17-14-11-8-5-2)63-61(70)55(66)49-46-43-40-37-33-24-21-18-15-12-9-6-3/h9,12,15-16,18-19,21,24-26,28-29,32,35,45,48,53-56,58-60,62,64-66,68-69H,4-8,10-11,13-14,17,20,22-23,27,30-31,33-34,36-44,46-47,49-52H2,1-3H3,(H,63,70)/b12-9+,18-15+,19-16-,24-21-,26-25-,29-28-,35-32-,48-45+. The number of aliphatic hydroxyl groups is 5. The highest BCUT2D eigenvalue weighted by Gasteiger charge is 2.47. The van der Waals surface area contributed by atoms with E-state index in [4.69, 9.17) is 14.2 Å². The molecule has 1 aliphatic heterocycles. The highest BCUT2D eigenvalue weighted by Crippen LogP contribution is 2.26. The van der Waals surface area contributed by atoms with Gasteiger partial charge in [-0.05, 0) is 89.9 Å². The van der Waals surface area contributed by atoms with E-state index in [-0.39, 0.29) is 19.4 Å². The van der Waals surface area contributed by atoms with E-state index < -0.39 is 67.4 Å². The number of carbonyl (C=O) groups is 2. The third-order valence-electron chi connectivity index (χ3n) is 13.0. The molecule has 1 saturated heterocycles. The molecule has 1 heterocycles. The van der Waals surface area contributed by atoms with Crippen molar-refractivity contribution in [1.82, 2.24) is 5.32 Å². The molecule has 0 aliphatic carbocycles. The van der Waals surface area contributed by atoms with Crippen LogP contribution in [-0.4, -0.2) is 99.6 Å². The number of esters is 1. The van der Waals surface area contributed by atoms with Crippen LogP contribution in [0.1, 0.15) is 220 Å². The van der Waals surface area contributed by atoms with Gasteiger partial charge in [-0.25, -0.2) is 0 Å². The predicted molar refractivity (Wildman–Crippen MR) is 301 cm³/mol. The molecule has 8 atom stereocenters. The molecule has 0 spiro atoms. The monoisotopic (exact) mass is 1020 g/mol. The number of unbranched alkanes of at least 4 members (excludes halogenated alkanes) is 21. The van der Waals surface area contributed by atoms with Gasteiger partial charge in [-0.15, -0.1) is 0 Å². The minimum Gasteiger partial charge on any atom is -0.454 e. The van der Waals surface area contributed by atoms with Gasteiger partial charge in [0.1, 0.15) is 24.4 Å². The maximum Gasteiger partial charge on any atom is 0.306 e. The normalized spacial score (nSPS) is 20.1. The van der Waals surface area contributed by atoms with Gasteiger partial charge in [0.25, 0.3) is 0 Å². The summed E-state index contributed by atoms with van der Waals surface area (Å²) in [6.07, 6.45) is 54.5. The molecule has 73 heavy (non-hydrogen) atoms. The zero-order chi connectivity index (χ0) is 53.3. The third kappa shape index (κ3) is 37.9. The van der Waals surface area contributed by atoms with Crippen LogP contribution in [0.25, 0.3) is 0 Å². The van der Waals surface area contributed by atoms with Crippen LogP contribution in [0, 0.1) is 0 Å². The molecule has 0 aromatic rings. The molecule has 1 aliphatic rings. The van der Waals surface area contributed by atoms with Crippen molar-refractivity contribution in [3.8, 4) is 0 Å². The van der Waals surface area contributed by atoms with Crippen molar-refractivity contribution in [1.29, 1.82) is 0 Å². The van der Waals surface area contributed by atoms with E-state index in [1.165, 1.54) is 77.0 Å². The number of ether oxygens (including phenoxy) is 3. The average molecular weight is 1020 g/mol. The second-order valence-electron chi connectivity index (χ2n) is 19.7. The summed E-state index contributed by atoms with van der Waals surface area (Å²) in [4.78, 5) is 26.4. The van der Waals surface area contributed by atoms with E-state index in [9.17, 15) is 35.1 Å². The molecule has 11 heteroatoms. The van der Waals surface area contributed by atoms with Gasteiger partial charge in [0.2, 0.25) is 5.91 Å². The van der Waals surface area contributed by atoms with Crippen molar-refractivity contribution >= 4 is 11.9 Å². The predicted octanol–water partition coefficient (Wildman–Crippen LogP) is 13.2. The molecule has 6 N–H and O–H groups in total. The fraction of sp³-hybridized carbons (Fsp3) is 0.710. The second kappa shape index (κ2) is 49.5. The molecule has 1 rings (SSSR count). The first-order chi connectivity index (χ1) is 35.7. The van der Waals surface area contributed by atoms with Crippen LogP contribution in [0.3, 0.4) is 0 Å². The lowest BCUT2D eigenvalue weighted by atomic mass is 9.99. The van der Waals surface area contributed by atoms with E-state index in [1.807, 2.05) is 30.4 Å². The van der Waals surface area contributed by atoms with Crippen LogP contribution in [-0.2, 0) is 23.8 Å². The number of hydrogen-bond donors (Lipinski definition) is 6. The van der Waals surface area contributed by atoms with Crippen molar-refractivity contribution in [3.05, 3.63) is 97.2 Å². The Bertz CT molecular complexity index is 1550. The van der Waals surface area contributed by atoms with Gasteiger partial charge in [-0.1, -0.05) is 221 Å². The lowest BCUT2D eigenvalue weighted by Crippen LogP contribution is -2.61. The van der Waals surface area contributed by atoms with Crippen molar-refractivity contribution in [2.45, 2.75) is 269 Å². The molecule has 8 unspecified atom stereocenters. The Labute approximate surface area is 444 Å². The van der Waals surface area contributed by atoms with E-state index >= 15 is 0 Å². The highest BCUT2D eigenvalue weighted by molar-refractivity contribution is 5.80. The summed E-state index contributed by atoms with van der Waals surface area (Å²) in [6.45, 7) is 5.57. The molecule has 0 aromatic heterocycles. The molecular formula is C62H105NO10. The molecule has 0 bridgehead atoms. The molecule has 1 amide bonds. The topological polar surface area (TPSA) is 175 Å². The molecule has 0 saturated carbocycles. The van der Waals surface area contributed by atoms with Gasteiger partial charge in [0.05, 0.1) is 25.4 Å². The number of allylic oxidation sites excluding steroid dienone is 15. The van der Waals surface area contributed by atoms with Crippen molar-refractivity contribution in [2.24, 2.45) is 0 Å². The lowest BCUT2D eigenvalue weighted by molar-refractivity contribution is -0.305. The Kier molecular flexibility index (Phi) is 45.8. The quantitative estimate of drug-likeness (QED) is 0.0149. The Morgan fingerprint density at radius 3 is 1.62 bits per heavy atom. The van der Waals surface area contributed by atoms with Gasteiger partial charge in [0.15, 0.2) is 12.4 Å². The van der Waals surface area contributed by atoms with Crippen LogP contribution in [0.4, 0.5) is 0 Å². The molecular weight excluding hydrogens is 919 g/mol. The minimum atomic E-state index is -1.64. The van der Waals surface area contributed by atoms with Gasteiger partial charge >= 0.3 is 5.97 Å². The summed E-state index contributed by atoms with van der Waals surface area (Å²) in [5.41, 5.74) is 0. The maximum absolute atomic E-state index is 13.4. The number of hydrogen-bond acceptors (Lipinski definition) is 10. The SMILES string of the molecule is CC/C=C/C=C/C=C\CCCCCCC(O)C(=O)NC(COC1OC(CO)C(O)C(O)C1OC(=O)CCCCC/C=C\C/C=C\C/C=C\C/C=C\CCCCC)C(O)/C=C/CCCCCCCCCCCCC. The van der Waals surface area contributed by atoms with Crippen molar-refractivity contribution in [2.75, 3.05) is 13.2 Å². The number of carbonyl (C=O) groups excluding carboxylic acids is 2. The largest absolute Gasteiger partial charge is 0.454 e. The Balaban J connectivity index is 2.76. The molecule has 1 fully saturated rings. The summed E-state index contributed by atoms with van der Waals surface area (Å²) in [7, 11) is 0. The summed E-state index contributed by atoms with van der Waals surface area (Å²) in [5, 5.41) is 56.8. The zero-order valence-electron chi connectivity index (χ0n) is 46.0. The second-order valence-corrected chi connectivity index (χ2v) is 19.7. The Morgan fingerprint density at radius 2 is 1.04 bits per heavy atom. The van der Waals surface area contributed by atoms with Crippen molar-refractivity contribution in [3.63, 3.8) is 0 Å². The maximum atomic E-state index is 13.4. The van der Waals surface area contributed by atoms with Gasteiger partial charge < -0.3 is 45.1 Å². The summed E-state index contributed by atoms with van der Waals surface area (Å²) < 4.78 is 17.5.